The van der Waals surface area contributed by atoms with E-state index in [1.54, 1.807) is 6.07 Å². The molecular formula is C16H11F2N3O3S. The molecule has 3 rings (SSSR count). The first-order valence-corrected chi connectivity index (χ1v) is 7.90. The van der Waals surface area contributed by atoms with E-state index in [2.05, 4.69) is 15.8 Å². The highest BCUT2D eigenvalue weighted by atomic mass is 32.1. The lowest BCUT2D eigenvalue weighted by atomic mass is 10.2. The standard InChI is InChI=1S/C16H11F2N3O3S/c1-8(22)19-11-6-12(10(18)5-9(11)17)20-16(23)13-7-14(24-21-13)15-3-2-4-25-15/h2-7H,1H3,(H,19,22)(H,20,23). The molecule has 0 radical (unpaired) electrons. The van der Waals surface area contributed by atoms with Gasteiger partial charge in [0.1, 0.15) is 11.6 Å². The Hall–Kier alpha value is -3.07. The van der Waals surface area contributed by atoms with Crippen LogP contribution < -0.4 is 10.6 Å². The van der Waals surface area contributed by atoms with Crippen LogP contribution in [0.4, 0.5) is 20.2 Å². The Morgan fingerprint density at radius 1 is 1.12 bits per heavy atom. The fraction of sp³-hybridized carbons (Fsp3) is 0.0625. The van der Waals surface area contributed by atoms with Crippen molar-refractivity contribution in [2.45, 2.75) is 6.92 Å². The molecule has 2 aromatic heterocycles. The van der Waals surface area contributed by atoms with Gasteiger partial charge in [0.05, 0.1) is 16.3 Å². The van der Waals surface area contributed by atoms with E-state index in [-0.39, 0.29) is 17.1 Å². The predicted octanol–water partition coefficient (Wildman–Crippen LogP) is 3.89. The van der Waals surface area contributed by atoms with Gasteiger partial charge in [0.2, 0.25) is 5.91 Å². The van der Waals surface area contributed by atoms with Gasteiger partial charge in [0.15, 0.2) is 11.5 Å². The molecule has 2 amide bonds. The van der Waals surface area contributed by atoms with Gasteiger partial charge in [-0.3, -0.25) is 9.59 Å². The van der Waals surface area contributed by atoms with Gasteiger partial charge in [-0.05, 0) is 17.5 Å². The maximum absolute atomic E-state index is 13.9. The Bertz CT molecular complexity index is 938. The molecule has 0 aliphatic carbocycles. The molecule has 2 heterocycles. The summed E-state index contributed by atoms with van der Waals surface area (Å²) in [6, 6.07) is 6.59. The molecular weight excluding hydrogens is 352 g/mol. The molecule has 128 valence electrons. The third-order valence-corrected chi connectivity index (χ3v) is 4.01. The number of nitrogens with one attached hydrogen (secondary N) is 2. The molecule has 25 heavy (non-hydrogen) atoms. The van der Waals surface area contributed by atoms with Crippen LogP contribution in [0, 0.1) is 11.6 Å². The van der Waals surface area contributed by atoms with E-state index < -0.39 is 23.4 Å². The van der Waals surface area contributed by atoms with Crippen LogP contribution in [-0.4, -0.2) is 17.0 Å². The van der Waals surface area contributed by atoms with Crippen LogP contribution in [0.15, 0.2) is 40.2 Å². The monoisotopic (exact) mass is 363 g/mol. The van der Waals surface area contributed by atoms with Crippen molar-refractivity contribution in [3.05, 3.63) is 53.0 Å². The smallest absolute Gasteiger partial charge is 0.277 e. The zero-order valence-electron chi connectivity index (χ0n) is 12.8. The van der Waals surface area contributed by atoms with Crippen molar-refractivity contribution in [3.63, 3.8) is 0 Å². The van der Waals surface area contributed by atoms with Crippen LogP contribution in [0.25, 0.3) is 10.6 Å². The summed E-state index contributed by atoms with van der Waals surface area (Å²) in [7, 11) is 0. The van der Waals surface area contributed by atoms with E-state index in [1.165, 1.54) is 24.3 Å². The topological polar surface area (TPSA) is 84.2 Å². The van der Waals surface area contributed by atoms with Gasteiger partial charge in [-0.1, -0.05) is 11.2 Å². The highest BCUT2D eigenvalue weighted by Gasteiger charge is 2.18. The molecule has 0 atom stereocenters. The second-order valence-electron chi connectivity index (χ2n) is 5.00. The fourth-order valence-electron chi connectivity index (χ4n) is 2.03. The molecule has 0 saturated carbocycles. The number of carbonyl (C=O) groups is 2. The maximum atomic E-state index is 13.9. The number of carbonyl (C=O) groups excluding carboxylic acids is 2. The van der Waals surface area contributed by atoms with E-state index in [9.17, 15) is 18.4 Å². The Kier molecular flexibility index (Phi) is 4.57. The van der Waals surface area contributed by atoms with Crippen LogP contribution in [0.5, 0.6) is 0 Å². The minimum Gasteiger partial charge on any atom is -0.355 e. The van der Waals surface area contributed by atoms with Gasteiger partial charge in [-0.25, -0.2) is 8.78 Å². The first-order valence-electron chi connectivity index (χ1n) is 7.02. The normalized spacial score (nSPS) is 10.5. The first kappa shape index (κ1) is 16.8. The molecule has 3 aromatic rings. The van der Waals surface area contributed by atoms with E-state index in [1.807, 2.05) is 11.4 Å². The van der Waals surface area contributed by atoms with E-state index in [0.717, 1.165) is 10.9 Å². The molecule has 0 saturated heterocycles. The predicted molar refractivity (Wildman–Crippen MR) is 88.4 cm³/mol. The Balaban J connectivity index is 1.82. The van der Waals surface area contributed by atoms with E-state index >= 15 is 0 Å². The van der Waals surface area contributed by atoms with Crippen LogP contribution in [0.1, 0.15) is 17.4 Å². The van der Waals surface area contributed by atoms with Crippen molar-refractivity contribution in [1.29, 1.82) is 0 Å². The zero-order chi connectivity index (χ0) is 18.0. The minimum atomic E-state index is -0.984. The number of rotatable bonds is 4. The zero-order valence-corrected chi connectivity index (χ0v) is 13.6. The molecule has 0 spiro atoms. The average Bonchev–Trinajstić information content (AvgIpc) is 3.22. The highest BCUT2D eigenvalue weighted by molar-refractivity contribution is 7.13. The lowest BCUT2D eigenvalue weighted by Crippen LogP contribution is -2.15. The molecule has 6 nitrogen and oxygen atoms in total. The van der Waals surface area contributed by atoms with Crippen LogP contribution in [0.2, 0.25) is 0 Å². The molecule has 0 fully saturated rings. The molecule has 9 heteroatoms. The second-order valence-corrected chi connectivity index (χ2v) is 5.95. The molecule has 0 aliphatic rings. The van der Waals surface area contributed by atoms with Gasteiger partial charge in [0, 0.05) is 19.1 Å². The minimum absolute atomic E-state index is 0.0618. The third-order valence-electron chi connectivity index (χ3n) is 3.12. The number of hydrogen-bond donors (Lipinski definition) is 2. The number of thiophene rings is 1. The van der Waals surface area contributed by atoms with E-state index in [4.69, 9.17) is 4.52 Å². The number of nitrogens with zero attached hydrogens (tertiary/aromatic N) is 1. The van der Waals surface area contributed by atoms with Crippen molar-refractivity contribution in [2.24, 2.45) is 0 Å². The Labute approximate surface area is 144 Å². The van der Waals surface area contributed by atoms with Gasteiger partial charge >= 0.3 is 0 Å². The van der Waals surface area contributed by atoms with Crippen molar-refractivity contribution in [2.75, 3.05) is 10.6 Å². The summed E-state index contributed by atoms with van der Waals surface area (Å²) in [5.41, 5.74) is -0.604. The summed E-state index contributed by atoms with van der Waals surface area (Å²) >= 11 is 1.41. The highest BCUT2D eigenvalue weighted by Crippen LogP contribution is 2.27. The fourth-order valence-corrected chi connectivity index (χ4v) is 2.71. The van der Waals surface area contributed by atoms with Gasteiger partial charge in [-0.2, -0.15) is 0 Å². The molecule has 0 bridgehead atoms. The first-order chi connectivity index (χ1) is 11.9. The lowest BCUT2D eigenvalue weighted by molar-refractivity contribution is -0.114. The summed E-state index contributed by atoms with van der Waals surface area (Å²) in [6.45, 7) is 1.18. The van der Waals surface area contributed by atoms with Gasteiger partial charge < -0.3 is 15.2 Å². The Morgan fingerprint density at radius 2 is 1.84 bits per heavy atom. The van der Waals surface area contributed by atoms with Crippen molar-refractivity contribution in [3.8, 4) is 10.6 Å². The average molecular weight is 363 g/mol. The maximum Gasteiger partial charge on any atom is 0.277 e. The summed E-state index contributed by atoms with van der Waals surface area (Å²) < 4.78 is 32.6. The van der Waals surface area contributed by atoms with Crippen molar-refractivity contribution >= 4 is 34.5 Å². The molecule has 2 N–H and O–H groups in total. The quantitative estimate of drug-likeness (QED) is 0.736. The van der Waals surface area contributed by atoms with Crippen molar-refractivity contribution in [1.82, 2.24) is 5.16 Å². The van der Waals surface area contributed by atoms with E-state index in [0.29, 0.717) is 11.8 Å². The SMILES string of the molecule is CC(=O)Nc1cc(NC(=O)c2cc(-c3cccs3)on2)c(F)cc1F. The number of hydrogen-bond acceptors (Lipinski definition) is 5. The molecule has 0 aliphatic heterocycles. The summed E-state index contributed by atoms with van der Waals surface area (Å²) in [4.78, 5) is 24.0. The Morgan fingerprint density at radius 3 is 2.48 bits per heavy atom. The summed E-state index contributed by atoms with van der Waals surface area (Å²) in [5.74, 6) is -2.79. The molecule has 1 aromatic carbocycles. The van der Waals surface area contributed by atoms with Gasteiger partial charge in [0.25, 0.3) is 5.91 Å². The number of halogens is 2. The van der Waals surface area contributed by atoms with Crippen molar-refractivity contribution < 1.29 is 22.9 Å². The summed E-state index contributed by atoms with van der Waals surface area (Å²) in [5, 5.41) is 9.97. The molecule has 0 unspecified atom stereocenters. The van der Waals surface area contributed by atoms with Crippen LogP contribution in [0.3, 0.4) is 0 Å². The number of anilines is 2. The summed E-state index contributed by atoms with van der Waals surface area (Å²) in [6.07, 6.45) is 0. The number of aromatic nitrogens is 1. The van der Waals surface area contributed by atoms with Crippen LogP contribution >= 0.6 is 11.3 Å². The largest absolute Gasteiger partial charge is 0.355 e. The second kappa shape index (κ2) is 6.81. The number of amides is 2. The third kappa shape index (κ3) is 3.72. The lowest BCUT2D eigenvalue weighted by Gasteiger charge is -2.09. The number of benzene rings is 1. The van der Waals surface area contributed by atoms with Crippen LogP contribution in [-0.2, 0) is 4.79 Å². The van der Waals surface area contributed by atoms with Gasteiger partial charge in [-0.15, -0.1) is 11.3 Å².